The summed E-state index contributed by atoms with van der Waals surface area (Å²) < 4.78 is 32.9. The number of H-pyrrole nitrogens is 2. The Morgan fingerprint density at radius 1 is 0.895 bits per heavy atom. The maximum Gasteiger partial charge on any atom is 0.273 e. The molecule has 57 heavy (non-hydrogen) atoms. The molecule has 2 aliphatic heterocycles. The average molecular weight is 792 g/mol. The van der Waals surface area contributed by atoms with Gasteiger partial charge in [0, 0.05) is 58.5 Å². The first-order valence-electron chi connectivity index (χ1n) is 19.2. The number of nitrogens with zero attached hydrogens (tertiary/aromatic N) is 4. The van der Waals surface area contributed by atoms with Gasteiger partial charge >= 0.3 is 0 Å². The van der Waals surface area contributed by atoms with Crippen LogP contribution in [0.2, 0.25) is 5.02 Å². The number of carbonyl (C=O) groups is 2. The van der Waals surface area contributed by atoms with Crippen molar-refractivity contribution in [2.75, 3.05) is 13.2 Å². The van der Waals surface area contributed by atoms with Gasteiger partial charge < -0.3 is 24.9 Å². The fraction of sp³-hybridized carbons (Fsp3) is 0.341. The van der Waals surface area contributed by atoms with Gasteiger partial charge in [-0.15, -0.1) is 0 Å². The zero-order chi connectivity index (χ0) is 40.1. The summed E-state index contributed by atoms with van der Waals surface area (Å²) in [5.41, 5.74) is 4.02. The Morgan fingerprint density at radius 2 is 1.54 bits per heavy atom. The molecule has 2 amide bonds. The number of nitrogens with one attached hydrogen (secondary N) is 3. The number of fused-ring (bicyclic) bond motifs is 1. The third kappa shape index (κ3) is 7.68. The molecule has 3 aromatic carbocycles. The molecule has 2 aliphatic rings. The second-order valence-corrected chi connectivity index (χ2v) is 16.7. The van der Waals surface area contributed by atoms with Crippen LogP contribution in [0.15, 0.2) is 91.4 Å². The van der Waals surface area contributed by atoms with E-state index >= 15 is 0 Å². The number of likely N-dealkylation sites (tertiary alicyclic amines) is 1. The highest BCUT2D eigenvalue weighted by atomic mass is 35.5. The van der Waals surface area contributed by atoms with Crippen LogP contribution in [-0.2, 0) is 9.53 Å². The summed E-state index contributed by atoms with van der Waals surface area (Å²) >= 11 is 6.41. The monoisotopic (exact) mass is 791 g/mol. The van der Waals surface area contributed by atoms with E-state index < -0.39 is 41.9 Å². The molecule has 0 spiro atoms. The van der Waals surface area contributed by atoms with Crippen molar-refractivity contribution in [3.05, 3.63) is 114 Å². The highest BCUT2D eigenvalue weighted by Gasteiger charge is 2.47. The Bertz CT molecular complexity index is 2430. The number of alkyl halides is 2. The highest BCUT2D eigenvalue weighted by molar-refractivity contribution is 6.35. The predicted molar refractivity (Wildman–Crippen MR) is 216 cm³/mol. The maximum absolute atomic E-state index is 13.8. The smallest absolute Gasteiger partial charge is 0.273 e. The van der Waals surface area contributed by atoms with E-state index in [1.165, 1.54) is 0 Å². The summed E-state index contributed by atoms with van der Waals surface area (Å²) in [4.78, 5) is 49.8. The number of imidazole rings is 2. The fourth-order valence-electron chi connectivity index (χ4n) is 7.71. The number of hydrogen-bond acceptors (Lipinski definition) is 6. The van der Waals surface area contributed by atoms with Gasteiger partial charge in [0.1, 0.15) is 29.6 Å². The number of benzene rings is 3. The van der Waals surface area contributed by atoms with Crippen LogP contribution in [-0.4, -0.2) is 66.3 Å². The molecular formula is C44H44ClF2N7O3. The number of aromatic amines is 2. The van der Waals surface area contributed by atoms with Crippen LogP contribution in [0.3, 0.4) is 0 Å². The van der Waals surface area contributed by atoms with E-state index in [4.69, 9.17) is 26.3 Å². The van der Waals surface area contributed by atoms with E-state index in [-0.39, 0.29) is 18.4 Å². The third-order valence-electron chi connectivity index (χ3n) is 11.1. The number of amides is 2. The Labute approximate surface area is 334 Å². The van der Waals surface area contributed by atoms with E-state index in [0.717, 1.165) is 57.4 Å². The van der Waals surface area contributed by atoms with Gasteiger partial charge in [0.25, 0.3) is 17.7 Å². The van der Waals surface area contributed by atoms with Gasteiger partial charge in [0.2, 0.25) is 0 Å². The molecule has 6 aromatic rings. The van der Waals surface area contributed by atoms with Crippen molar-refractivity contribution in [1.29, 1.82) is 0 Å². The molecule has 8 rings (SSSR count). The quantitative estimate of drug-likeness (QED) is 0.141. The Kier molecular flexibility index (Phi) is 9.98. The first kappa shape index (κ1) is 38.4. The molecule has 3 N–H and O–H groups in total. The van der Waals surface area contributed by atoms with Crippen molar-refractivity contribution in [1.82, 2.24) is 35.1 Å². The number of carbonyl (C=O) groups excluding carboxylic acids is 2. The molecule has 2 fully saturated rings. The van der Waals surface area contributed by atoms with E-state index in [1.54, 1.807) is 19.3 Å². The van der Waals surface area contributed by atoms with Crippen LogP contribution in [0.25, 0.3) is 44.4 Å². The minimum Gasteiger partial charge on any atom is -0.359 e. The fourth-order valence-corrected chi connectivity index (χ4v) is 7.95. The van der Waals surface area contributed by atoms with E-state index in [0.29, 0.717) is 28.8 Å². The molecule has 0 unspecified atom stereocenters. The van der Waals surface area contributed by atoms with E-state index in [9.17, 15) is 18.4 Å². The van der Waals surface area contributed by atoms with Crippen molar-refractivity contribution in [2.24, 2.45) is 5.41 Å². The summed E-state index contributed by atoms with van der Waals surface area (Å²) in [5.74, 6) is -2.20. The zero-order valence-electron chi connectivity index (χ0n) is 32.2. The molecule has 294 valence electrons. The molecular weight excluding hydrogens is 748 g/mol. The normalized spacial score (nSPS) is 20.1. The molecule has 0 bridgehead atoms. The number of halogens is 3. The van der Waals surface area contributed by atoms with Gasteiger partial charge in [-0.25, -0.2) is 18.7 Å². The molecule has 3 aromatic heterocycles. The zero-order valence-corrected chi connectivity index (χ0v) is 33.0. The molecule has 5 heterocycles. The van der Waals surface area contributed by atoms with Crippen molar-refractivity contribution >= 4 is 34.2 Å². The minimum absolute atomic E-state index is 0.0730. The van der Waals surface area contributed by atoms with Gasteiger partial charge in [-0.1, -0.05) is 93.0 Å². The topological polar surface area (TPSA) is 129 Å². The molecule has 0 radical (unpaired) electrons. The Hall–Kier alpha value is -5.46. The van der Waals surface area contributed by atoms with Gasteiger partial charge in [-0.2, -0.15) is 0 Å². The van der Waals surface area contributed by atoms with Crippen LogP contribution < -0.4 is 5.32 Å². The molecule has 0 saturated carbocycles. The molecule has 10 nitrogen and oxygen atoms in total. The van der Waals surface area contributed by atoms with Gasteiger partial charge in [0.05, 0.1) is 23.5 Å². The lowest BCUT2D eigenvalue weighted by Gasteiger charge is -2.38. The largest absolute Gasteiger partial charge is 0.359 e. The Morgan fingerprint density at radius 3 is 2.19 bits per heavy atom. The number of pyridine rings is 1. The van der Waals surface area contributed by atoms with Crippen molar-refractivity contribution < 1.29 is 23.1 Å². The van der Waals surface area contributed by atoms with Crippen LogP contribution >= 0.6 is 11.6 Å². The van der Waals surface area contributed by atoms with Gasteiger partial charge in [-0.05, 0) is 54.9 Å². The molecule has 0 aliphatic carbocycles. The van der Waals surface area contributed by atoms with Crippen molar-refractivity contribution in [3.63, 3.8) is 0 Å². The third-order valence-corrected chi connectivity index (χ3v) is 11.5. The summed E-state index contributed by atoms with van der Waals surface area (Å²) in [6.07, 6.45) is 6.51. The van der Waals surface area contributed by atoms with Crippen LogP contribution in [0.4, 0.5) is 8.78 Å². The average Bonchev–Trinajstić information content (AvgIpc) is 4.00. The maximum atomic E-state index is 13.8. The second-order valence-electron chi connectivity index (χ2n) is 16.3. The van der Waals surface area contributed by atoms with Crippen LogP contribution in [0.5, 0.6) is 0 Å². The van der Waals surface area contributed by atoms with Crippen LogP contribution in [0, 0.1) is 5.41 Å². The number of hydrogen-bond donors (Lipinski definition) is 3. The summed E-state index contributed by atoms with van der Waals surface area (Å²) in [7, 11) is 0. The SMILES string of the molecule is CC(C)(C)[C@H](NC(=O)[C@@]1(C)CCC(F)(F)CO1)c1nc(-c2ccc(-c3ccc(-c4c[nH]c([C@@H]5CCCN5C(=O)c5nccc6c(Cl)cccc56)n4)cc3)cc2)c[nH]1. The summed E-state index contributed by atoms with van der Waals surface area (Å²) in [6.45, 7) is 7.35. The Balaban J connectivity index is 0.937. The van der Waals surface area contributed by atoms with Crippen LogP contribution in [0.1, 0.15) is 87.6 Å². The van der Waals surface area contributed by atoms with E-state index in [2.05, 4.69) is 32.4 Å². The highest BCUT2D eigenvalue weighted by Crippen LogP contribution is 2.38. The number of rotatable bonds is 8. The molecule has 3 atom stereocenters. The van der Waals surface area contributed by atoms with Crippen molar-refractivity contribution in [3.8, 4) is 33.6 Å². The number of ether oxygens (including phenoxy) is 1. The van der Waals surface area contributed by atoms with E-state index in [1.807, 2.05) is 92.5 Å². The first-order chi connectivity index (χ1) is 27.2. The lowest BCUT2D eigenvalue weighted by atomic mass is 9.85. The minimum atomic E-state index is -2.93. The van der Waals surface area contributed by atoms with Crippen molar-refractivity contribution in [2.45, 2.75) is 77.0 Å². The standard InChI is InChI=1S/C44H44ClF2N7O3/c1-42(2,3)37(53-41(56)43(4)19-20-44(46,47)25-57-43)39-50-24-34(52-39)29-16-12-27(13-17-29)26-10-14-28(15-11-26)33-23-49-38(51-33)35-9-6-22-54(35)40(55)36-31-7-5-8-32(45)30(31)18-21-48-36/h5,7-8,10-18,21,23-24,35,37H,6,9,19-20,22,25H2,1-4H3,(H,49,51)(H,50,52)(H,53,56)/t35-,37+,43+/m0/s1. The summed E-state index contributed by atoms with van der Waals surface area (Å²) in [6, 6.07) is 22.9. The number of aromatic nitrogens is 5. The molecule has 13 heteroatoms. The van der Waals surface area contributed by atoms with Gasteiger partial charge in [-0.3, -0.25) is 14.6 Å². The summed E-state index contributed by atoms with van der Waals surface area (Å²) in [5, 5.41) is 5.15. The lowest BCUT2D eigenvalue weighted by Crippen LogP contribution is -2.54. The molecule has 2 saturated heterocycles. The van der Waals surface area contributed by atoms with Gasteiger partial charge in [0.15, 0.2) is 0 Å². The first-order valence-corrected chi connectivity index (χ1v) is 19.6. The predicted octanol–water partition coefficient (Wildman–Crippen LogP) is 9.72. The lowest BCUT2D eigenvalue weighted by molar-refractivity contribution is -0.190. The second kappa shape index (κ2) is 14.8.